The summed E-state index contributed by atoms with van der Waals surface area (Å²) in [6.45, 7) is 0. The van der Waals surface area contributed by atoms with Crippen molar-refractivity contribution < 1.29 is 9.59 Å². The van der Waals surface area contributed by atoms with Crippen LogP contribution in [0.1, 0.15) is 6.42 Å². The van der Waals surface area contributed by atoms with E-state index in [2.05, 4.69) is 20.6 Å². The highest BCUT2D eigenvalue weighted by Gasteiger charge is 2.11. The third-order valence-corrected chi connectivity index (χ3v) is 4.09. The Balaban J connectivity index is 1.39. The lowest BCUT2D eigenvalue weighted by Crippen LogP contribution is -2.21. The van der Waals surface area contributed by atoms with Crippen LogP contribution in [0.3, 0.4) is 0 Å². The van der Waals surface area contributed by atoms with E-state index < -0.39 is 0 Å². The Morgan fingerprint density at radius 3 is 1.67 bits per heavy atom. The van der Waals surface area contributed by atoms with Crippen LogP contribution in [0.4, 0.5) is 11.4 Å². The average Bonchev–Trinajstić information content (AvgIpc) is 2.67. The number of anilines is 2. The molecule has 0 aliphatic rings. The van der Waals surface area contributed by atoms with Crippen LogP contribution in [0, 0.1) is 0 Å². The molecule has 6 nitrogen and oxygen atoms in total. The van der Waals surface area contributed by atoms with Crippen LogP contribution in [-0.4, -0.2) is 21.8 Å². The summed E-state index contributed by atoms with van der Waals surface area (Å²) in [4.78, 5) is 32.8. The Hall–Kier alpha value is -3.80. The Labute approximate surface area is 155 Å². The van der Waals surface area contributed by atoms with Gasteiger partial charge in [0.25, 0.3) is 0 Å². The smallest absolute Gasteiger partial charge is 0.233 e. The van der Waals surface area contributed by atoms with E-state index >= 15 is 0 Å². The van der Waals surface area contributed by atoms with Gasteiger partial charge in [-0.2, -0.15) is 0 Å². The van der Waals surface area contributed by atoms with E-state index in [1.54, 1.807) is 24.5 Å². The van der Waals surface area contributed by atoms with Gasteiger partial charge < -0.3 is 10.6 Å². The number of carbonyl (C=O) groups excluding carboxylic acids is 2. The van der Waals surface area contributed by atoms with E-state index in [-0.39, 0.29) is 18.2 Å². The molecule has 2 aromatic heterocycles. The van der Waals surface area contributed by atoms with Gasteiger partial charge in [-0.05, 0) is 48.5 Å². The molecule has 0 aliphatic carbocycles. The van der Waals surface area contributed by atoms with E-state index in [1.807, 2.05) is 48.5 Å². The maximum atomic E-state index is 12.2. The molecular formula is C21H16N4O2. The van der Waals surface area contributed by atoms with E-state index in [9.17, 15) is 9.59 Å². The number of carbonyl (C=O) groups is 2. The predicted molar refractivity (Wildman–Crippen MR) is 105 cm³/mol. The fourth-order valence-electron chi connectivity index (χ4n) is 2.86. The Morgan fingerprint density at radius 2 is 1.19 bits per heavy atom. The number of rotatable bonds is 4. The van der Waals surface area contributed by atoms with Gasteiger partial charge in [0.15, 0.2) is 0 Å². The minimum Gasteiger partial charge on any atom is -0.326 e. The largest absolute Gasteiger partial charge is 0.326 e. The maximum Gasteiger partial charge on any atom is 0.233 e. The number of pyridine rings is 2. The molecule has 0 saturated carbocycles. The maximum absolute atomic E-state index is 12.2. The van der Waals surface area contributed by atoms with Crippen LogP contribution in [-0.2, 0) is 9.59 Å². The van der Waals surface area contributed by atoms with Crippen LogP contribution in [0.5, 0.6) is 0 Å². The average molecular weight is 356 g/mol. The fourth-order valence-corrected chi connectivity index (χ4v) is 2.86. The number of aromatic nitrogens is 2. The van der Waals surface area contributed by atoms with Crippen LogP contribution in [0.25, 0.3) is 21.8 Å². The first-order chi connectivity index (χ1) is 13.2. The summed E-state index contributed by atoms with van der Waals surface area (Å²) in [6.07, 6.45) is 3.16. The van der Waals surface area contributed by atoms with Crippen molar-refractivity contribution in [3.05, 3.63) is 73.1 Å². The summed E-state index contributed by atoms with van der Waals surface area (Å²) < 4.78 is 0. The normalized spacial score (nSPS) is 10.7. The molecule has 0 radical (unpaired) electrons. The van der Waals surface area contributed by atoms with E-state index in [4.69, 9.17) is 0 Å². The first-order valence-corrected chi connectivity index (χ1v) is 8.47. The molecule has 4 rings (SSSR count). The van der Waals surface area contributed by atoms with Gasteiger partial charge >= 0.3 is 0 Å². The molecule has 4 aromatic rings. The molecule has 27 heavy (non-hydrogen) atoms. The Kier molecular flexibility index (Phi) is 4.45. The highest BCUT2D eigenvalue weighted by molar-refractivity contribution is 6.08. The number of amides is 2. The molecule has 0 saturated heterocycles. The molecule has 0 atom stereocenters. The van der Waals surface area contributed by atoms with Crippen LogP contribution >= 0.6 is 0 Å². The molecule has 2 amide bonds. The summed E-state index contributed by atoms with van der Waals surface area (Å²) in [7, 11) is 0. The first kappa shape index (κ1) is 16.7. The lowest BCUT2D eigenvalue weighted by molar-refractivity contribution is -0.123. The topological polar surface area (TPSA) is 84.0 Å². The molecule has 6 heteroatoms. The molecule has 132 valence electrons. The number of benzene rings is 2. The second-order valence-corrected chi connectivity index (χ2v) is 6.09. The summed E-state index contributed by atoms with van der Waals surface area (Å²) in [5.41, 5.74) is 2.95. The number of nitrogens with zero attached hydrogens (tertiary/aromatic N) is 2. The van der Waals surface area contributed by atoms with Gasteiger partial charge in [-0.25, -0.2) is 0 Å². The third kappa shape index (κ3) is 3.90. The molecule has 0 bridgehead atoms. The van der Waals surface area contributed by atoms with Crippen molar-refractivity contribution in [1.82, 2.24) is 9.97 Å². The van der Waals surface area contributed by atoms with Gasteiger partial charge in [-0.3, -0.25) is 19.6 Å². The minimum absolute atomic E-state index is 0.268. The van der Waals surface area contributed by atoms with Gasteiger partial charge in [0.05, 0.1) is 11.0 Å². The van der Waals surface area contributed by atoms with Gasteiger partial charge in [-0.1, -0.05) is 12.1 Å². The number of hydrogen-bond acceptors (Lipinski definition) is 4. The Bertz CT molecular complexity index is 1070. The zero-order valence-electron chi connectivity index (χ0n) is 14.3. The predicted octanol–water partition coefficient (Wildman–Crippen LogP) is 3.75. The van der Waals surface area contributed by atoms with Crippen molar-refractivity contribution in [3.63, 3.8) is 0 Å². The van der Waals surface area contributed by atoms with Crippen molar-refractivity contribution in [2.24, 2.45) is 0 Å². The number of fused-ring (bicyclic) bond motifs is 2. The molecule has 2 aromatic carbocycles. The highest BCUT2D eigenvalue weighted by atomic mass is 16.2. The van der Waals surface area contributed by atoms with Crippen molar-refractivity contribution in [1.29, 1.82) is 0 Å². The summed E-state index contributed by atoms with van der Waals surface area (Å²) in [5, 5.41) is 7.33. The van der Waals surface area contributed by atoms with Crippen molar-refractivity contribution in [3.8, 4) is 0 Å². The van der Waals surface area contributed by atoms with E-state index in [1.165, 1.54) is 0 Å². The molecule has 0 spiro atoms. The fraction of sp³-hybridized carbons (Fsp3) is 0.0476. The monoisotopic (exact) mass is 356 g/mol. The zero-order chi connectivity index (χ0) is 18.6. The standard InChI is InChI=1S/C21H16N4O2/c26-20(24-16-5-7-18-14(11-16)3-1-9-22-18)13-21(27)25-17-6-8-19-15(12-17)4-2-10-23-19/h1-12H,13H2,(H,24,26)(H,25,27). The summed E-state index contributed by atoms with van der Waals surface area (Å²) in [5.74, 6) is -0.753. The van der Waals surface area contributed by atoms with Crippen molar-refractivity contribution in [2.75, 3.05) is 10.6 Å². The van der Waals surface area contributed by atoms with Gasteiger partial charge in [0, 0.05) is 34.5 Å². The molecule has 2 heterocycles. The highest BCUT2D eigenvalue weighted by Crippen LogP contribution is 2.18. The van der Waals surface area contributed by atoms with E-state index in [0.29, 0.717) is 11.4 Å². The van der Waals surface area contributed by atoms with E-state index in [0.717, 1.165) is 21.8 Å². The van der Waals surface area contributed by atoms with Crippen molar-refractivity contribution in [2.45, 2.75) is 6.42 Å². The number of nitrogens with one attached hydrogen (secondary N) is 2. The molecule has 2 N–H and O–H groups in total. The van der Waals surface area contributed by atoms with Crippen LogP contribution in [0.2, 0.25) is 0 Å². The minimum atomic E-state index is -0.377. The molecule has 0 aliphatic heterocycles. The van der Waals surface area contributed by atoms with Crippen LogP contribution < -0.4 is 10.6 Å². The number of hydrogen-bond donors (Lipinski definition) is 2. The lowest BCUT2D eigenvalue weighted by Gasteiger charge is -2.08. The van der Waals surface area contributed by atoms with Gasteiger partial charge in [0.2, 0.25) is 11.8 Å². The molecule has 0 fully saturated rings. The zero-order valence-corrected chi connectivity index (χ0v) is 14.3. The van der Waals surface area contributed by atoms with Gasteiger partial charge in [-0.15, -0.1) is 0 Å². The molecular weight excluding hydrogens is 340 g/mol. The first-order valence-electron chi connectivity index (χ1n) is 8.47. The summed E-state index contributed by atoms with van der Waals surface area (Å²) in [6, 6.07) is 18.3. The molecule has 0 unspecified atom stereocenters. The lowest BCUT2D eigenvalue weighted by atomic mass is 10.2. The SMILES string of the molecule is O=C(CC(=O)Nc1ccc2ncccc2c1)Nc1ccc2ncccc2c1. The second-order valence-electron chi connectivity index (χ2n) is 6.09. The van der Waals surface area contributed by atoms with Crippen molar-refractivity contribution >= 4 is 45.0 Å². The second kappa shape index (κ2) is 7.21. The van der Waals surface area contributed by atoms with Gasteiger partial charge in [0.1, 0.15) is 6.42 Å². The summed E-state index contributed by atoms with van der Waals surface area (Å²) >= 11 is 0. The van der Waals surface area contributed by atoms with Crippen LogP contribution in [0.15, 0.2) is 73.1 Å². The quantitative estimate of drug-likeness (QED) is 0.546. The third-order valence-electron chi connectivity index (χ3n) is 4.09. The Morgan fingerprint density at radius 1 is 0.704 bits per heavy atom.